The number of amides is 2. The molecular formula is C19H21N3O4S. The van der Waals surface area contributed by atoms with Crippen LogP contribution >= 0.6 is 0 Å². The van der Waals surface area contributed by atoms with E-state index in [1.165, 1.54) is 12.1 Å². The van der Waals surface area contributed by atoms with Crippen molar-refractivity contribution in [3.8, 4) is 0 Å². The maximum absolute atomic E-state index is 12.1. The van der Waals surface area contributed by atoms with E-state index in [9.17, 15) is 18.0 Å². The third kappa shape index (κ3) is 5.63. The number of anilines is 2. The molecule has 1 saturated carbocycles. The molecule has 3 N–H and O–H groups in total. The molecule has 0 saturated heterocycles. The zero-order chi connectivity index (χ0) is 19.3. The first kappa shape index (κ1) is 19.1. The lowest BCUT2D eigenvalue weighted by atomic mass is 10.2. The molecular weight excluding hydrogens is 366 g/mol. The SMILES string of the molecule is O=C(CCNS(=O)(=O)c1ccccc1)Nc1cccc(NC(=O)C2CC2)c1. The summed E-state index contributed by atoms with van der Waals surface area (Å²) in [5, 5.41) is 5.52. The van der Waals surface area contributed by atoms with Crippen LogP contribution in [0, 0.1) is 5.92 Å². The summed E-state index contributed by atoms with van der Waals surface area (Å²) in [4.78, 5) is 24.0. The van der Waals surface area contributed by atoms with Crippen LogP contribution in [0.4, 0.5) is 11.4 Å². The molecule has 2 aromatic carbocycles. The van der Waals surface area contributed by atoms with Crippen molar-refractivity contribution in [3.05, 3.63) is 54.6 Å². The topological polar surface area (TPSA) is 104 Å². The number of rotatable bonds is 8. The standard InChI is InChI=1S/C19H21N3O4S/c23-18(11-12-20-27(25,26)17-7-2-1-3-8-17)21-15-5-4-6-16(13-15)22-19(24)14-9-10-14/h1-8,13-14,20H,9-12H2,(H,21,23)(H,22,24). The van der Waals surface area contributed by atoms with Crippen LogP contribution in [0.25, 0.3) is 0 Å². The number of hydrogen-bond donors (Lipinski definition) is 3. The third-order valence-electron chi connectivity index (χ3n) is 4.06. The van der Waals surface area contributed by atoms with Gasteiger partial charge in [-0.1, -0.05) is 24.3 Å². The Morgan fingerprint density at radius 3 is 2.26 bits per heavy atom. The highest BCUT2D eigenvalue weighted by atomic mass is 32.2. The van der Waals surface area contributed by atoms with Gasteiger partial charge in [0.05, 0.1) is 4.90 Å². The molecule has 8 heteroatoms. The Labute approximate surface area is 158 Å². The summed E-state index contributed by atoms with van der Waals surface area (Å²) in [7, 11) is -3.63. The van der Waals surface area contributed by atoms with Gasteiger partial charge < -0.3 is 10.6 Å². The summed E-state index contributed by atoms with van der Waals surface area (Å²) in [6.07, 6.45) is 1.83. The zero-order valence-corrected chi connectivity index (χ0v) is 15.5. The Morgan fingerprint density at radius 2 is 1.59 bits per heavy atom. The minimum atomic E-state index is -3.63. The van der Waals surface area contributed by atoms with Gasteiger partial charge in [0.15, 0.2) is 0 Å². The number of carbonyl (C=O) groups is 2. The zero-order valence-electron chi connectivity index (χ0n) is 14.6. The Hall–Kier alpha value is -2.71. The molecule has 27 heavy (non-hydrogen) atoms. The van der Waals surface area contributed by atoms with Crippen molar-refractivity contribution in [2.45, 2.75) is 24.2 Å². The van der Waals surface area contributed by atoms with Crippen LogP contribution in [0.3, 0.4) is 0 Å². The average Bonchev–Trinajstić information content (AvgIpc) is 3.48. The number of carbonyl (C=O) groups excluding carboxylic acids is 2. The summed E-state index contributed by atoms with van der Waals surface area (Å²) < 4.78 is 26.6. The van der Waals surface area contributed by atoms with Crippen molar-refractivity contribution in [2.75, 3.05) is 17.2 Å². The summed E-state index contributed by atoms with van der Waals surface area (Å²) in [5.74, 6) is -0.230. The van der Waals surface area contributed by atoms with Gasteiger partial charge in [-0.05, 0) is 43.2 Å². The van der Waals surface area contributed by atoms with Crippen molar-refractivity contribution >= 4 is 33.2 Å². The van der Waals surface area contributed by atoms with E-state index in [0.29, 0.717) is 11.4 Å². The van der Waals surface area contributed by atoms with Gasteiger partial charge in [-0.15, -0.1) is 0 Å². The largest absolute Gasteiger partial charge is 0.326 e. The van der Waals surface area contributed by atoms with Crippen molar-refractivity contribution in [2.24, 2.45) is 5.92 Å². The van der Waals surface area contributed by atoms with Gasteiger partial charge in [0.1, 0.15) is 0 Å². The summed E-state index contributed by atoms with van der Waals surface area (Å²) in [6, 6.07) is 14.8. The van der Waals surface area contributed by atoms with Gasteiger partial charge in [0.2, 0.25) is 21.8 Å². The second kappa shape index (κ2) is 8.32. The predicted octanol–water partition coefficient (Wildman–Crippen LogP) is 2.34. The lowest BCUT2D eigenvalue weighted by Crippen LogP contribution is -2.27. The van der Waals surface area contributed by atoms with Gasteiger partial charge in [0.25, 0.3) is 0 Å². The Bertz CT molecular complexity index is 925. The summed E-state index contributed by atoms with van der Waals surface area (Å²) in [5.41, 5.74) is 1.16. The Balaban J connectivity index is 1.48. The molecule has 7 nitrogen and oxygen atoms in total. The van der Waals surface area contributed by atoms with E-state index < -0.39 is 10.0 Å². The fraction of sp³-hybridized carbons (Fsp3) is 0.263. The Kier molecular flexibility index (Phi) is 5.88. The average molecular weight is 387 g/mol. The van der Waals surface area contributed by atoms with E-state index in [1.807, 2.05) is 0 Å². The molecule has 3 rings (SSSR count). The van der Waals surface area contributed by atoms with Crippen molar-refractivity contribution in [1.82, 2.24) is 4.72 Å². The second-order valence-electron chi connectivity index (χ2n) is 6.35. The normalized spacial score (nSPS) is 13.8. The minimum absolute atomic E-state index is 0.00575. The maximum Gasteiger partial charge on any atom is 0.240 e. The highest BCUT2D eigenvalue weighted by Crippen LogP contribution is 2.30. The molecule has 0 aromatic heterocycles. The predicted molar refractivity (Wildman–Crippen MR) is 103 cm³/mol. The quantitative estimate of drug-likeness (QED) is 0.647. The van der Waals surface area contributed by atoms with Crippen molar-refractivity contribution in [3.63, 3.8) is 0 Å². The van der Waals surface area contributed by atoms with Crippen LogP contribution < -0.4 is 15.4 Å². The van der Waals surface area contributed by atoms with Crippen LogP contribution in [0.1, 0.15) is 19.3 Å². The number of benzene rings is 2. The molecule has 0 bridgehead atoms. The fourth-order valence-corrected chi connectivity index (χ4v) is 3.52. The molecule has 0 spiro atoms. The Morgan fingerprint density at radius 1 is 0.926 bits per heavy atom. The van der Waals surface area contributed by atoms with Crippen LogP contribution in [0.2, 0.25) is 0 Å². The lowest BCUT2D eigenvalue weighted by molar-refractivity contribution is -0.117. The second-order valence-corrected chi connectivity index (χ2v) is 8.12. The lowest BCUT2D eigenvalue weighted by Gasteiger charge is -2.09. The van der Waals surface area contributed by atoms with Crippen molar-refractivity contribution < 1.29 is 18.0 Å². The molecule has 2 aromatic rings. The van der Waals surface area contributed by atoms with Gasteiger partial charge in [0, 0.05) is 30.3 Å². The molecule has 0 unspecified atom stereocenters. The van der Waals surface area contributed by atoms with Crippen LogP contribution in [-0.4, -0.2) is 26.8 Å². The van der Waals surface area contributed by atoms with Crippen molar-refractivity contribution in [1.29, 1.82) is 0 Å². The minimum Gasteiger partial charge on any atom is -0.326 e. The van der Waals surface area contributed by atoms with Gasteiger partial charge >= 0.3 is 0 Å². The summed E-state index contributed by atoms with van der Waals surface area (Å²) >= 11 is 0. The number of sulfonamides is 1. The summed E-state index contributed by atoms with van der Waals surface area (Å²) in [6.45, 7) is -0.0127. The molecule has 0 heterocycles. The molecule has 0 atom stereocenters. The first-order valence-electron chi connectivity index (χ1n) is 8.69. The van der Waals surface area contributed by atoms with E-state index in [0.717, 1.165) is 12.8 Å². The van der Waals surface area contributed by atoms with Crippen LogP contribution in [-0.2, 0) is 19.6 Å². The van der Waals surface area contributed by atoms with Crippen LogP contribution in [0.5, 0.6) is 0 Å². The first-order valence-corrected chi connectivity index (χ1v) is 10.2. The van der Waals surface area contributed by atoms with E-state index >= 15 is 0 Å². The molecule has 2 amide bonds. The monoisotopic (exact) mass is 387 g/mol. The van der Waals surface area contributed by atoms with Gasteiger partial charge in [-0.2, -0.15) is 0 Å². The number of hydrogen-bond acceptors (Lipinski definition) is 4. The fourth-order valence-electron chi connectivity index (χ4n) is 2.47. The molecule has 1 aliphatic carbocycles. The highest BCUT2D eigenvalue weighted by Gasteiger charge is 2.29. The van der Waals surface area contributed by atoms with E-state index in [-0.39, 0.29) is 35.6 Å². The third-order valence-corrected chi connectivity index (χ3v) is 5.54. The molecule has 0 aliphatic heterocycles. The van der Waals surface area contributed by atoms with Gasteiger partial charge in [-0.25, -0.2) is 13.1 Å². The van der Waals surface area contributed by atoms with Crippen LogP contribution in [0.15, 0.2) is 59.5 Å². The first-order chi connectivity index (χ1) is 12.9. The highest BCUT2D eigenvalue weighted by molar-refractivity contribution is 7.89. The number of nitrogens with one attached hydrogen (secondary N) is 3. The molecule has 1 aliphatic rings. The van der Waals surface area contributed by atoms with E-state index in [1.54, 1.807) is 42.5 Å². The molecule has 142 valence electrons. The van der Waals surface area contributed by atoms with E-state index in [4.69, 9.17) is 0 Å². The smallest absolute Gasteiger partial charge is 0.240 e. The molecule has 1 fully saturated rings. The molecule has 0 radical (unpaired) electrons. The maximum atomic E-state index is 12.1. The van der Waals surface area contributed by atoms with E-state index in [2.05, 4.69) is 15.4 Å². The van der Waals surface area contributed by atoms with Gasteiger partial charge in [-0.3, -0.25) is 9.59 Å².